The molecular weight excluding hydrogens is 174 g/mol. The van der Waals surface area contributed by atoms with Gasteiger partial charge in [-0.2, -0.15) is 0 Å². The van der Waals surface area contributed by atoms with E-state index in [2.05, 4.69) is 57.0 Å². The summed E-state index contributed by atoms with van der Waals surface area (Å²) in [4.78, 5) is 0. The summed E-state index contributed by atoms with van der Waals surface area (Å²) in [5.74, 6) is 0. The first-order chi connectivity index (χ1) is 6.21. The van der Waals surface area contributed by atoms with E-state index in [1.165, 1.54) is 0 Å². The summed E-state index contributed by atoms with van der Waals surface area (Å²) in [6, 6.07) is 2.05. The molecule has 0 fully saturated rings. The standard InChI is InChI=1S/C11H19N3/c1-10(2,3)8-7-9(11(4,5)6)13-14-12-8/h7H,1-6H3. The second-order valence-corrected chi connectivity index (χ2v) is 5.70. The molecule has 1 heterocycles. The number of hydrogen-bond acceptors (Lipinski definition) is 3. The van der Waals surface area contributed by atoms with Crippen LogP contribution in [0.5, 0.6) is 0 Å². The zero-order valence-electron chi connectivity index (χ0n) is 9.92. The van der Waals surface area contributed by atoms with Crippen molar-refractivity contribution >= 4 is 0 Å². The summed E-state index contributed by atoms with van der Waals surface area (Å²) in [7, 11) is 0. The van der Waals surface area contributed by atoms with Crippen molar-refractivity contribution in [1.29, 1.82) is 0 Å². The second-order valence-electron chi connectivity index (χ2n) is 5.70. The Morgan fingerprint density at radius 1 is 0.786 bits per heavy atom. The van der Waals surface area contributed by atoms with Gasteiger partial charge < -0.3 is 0 Å². The van der Waals surface area contributed by atoms with Crippen molar-refractivity contribution < 1.29 is 0 Å². The van der Waals surface area contributed by atoms with E-state index in [0.29, 0.717) is 0 Å². The molecule has 0 saturated heterocycles. The summed E-state index contributed by atoms with van der Waals surface area (Å²) >= 11 is 0. The van der Waals surface area contributed by atoms with E-state index in [-0.39, 0.29) is 10.8 Å². The zero-order valence-corrected chi connectivity index (χ0v) is 9.92. The van der Waals surface area contributed by atoms with Crippen LogP contribution >= 0.6 is 0 Å². The molecule has 0 aliphatic carbocycles. The van der Waals surface area contributed by atoms with Crippen LogP contribution in [0.15, 0.2) is 6.07 Å². The van der Waals surface area contributed by atoms with E-state index in [1.54, 1.807) is 0 Å². The van der Waals surface area contributed by atoms with Gasteiger partial charge >= 0.3 is 0 Å². The molecule has 0 aliphatic rings. The van der Waals surface area contributed by atoms with Gasteiger partial charge in [-0.25, -0.2) is 0 Å². The first-order valence-corrected chi connectivity index (χ1v) is 4.92. The lowest BCUT2D eigenvalue weighted by molar-refractivity contribution is 0.513. The second kappa shape index (κ2) is 3.30. The van der Waals surface area contributed by atoms with Crippen molar-refractivity contribution in [3.05, 3.63) is 17.5 Å². The quantitative estimate of drug-likeness (QED) is 0.635. The van der Waals surface area contributed by atoms with Gasteiger partial charge in [0, 0.05) is 10.8 Å². The number of nitrogens with zero attached hydrogens (tertiary/aromatic N) is 3. The molecule has 0 unspecified atom stereocenters. The summed E-state index contributed by atoms with van der Waals surface area (Å²) in [6.45, 7) is 12.8. The maximum absolute atomic E-state index is 4.06. The Kier molecular flexibility index (Phi) is 2.61. The van der Waals surface area contributed by atoms with Crippen molar-refractivity contribution in [1.82, 2.24) is 15.4 Å². The van der Waals surface area contributed by atoms with Crippen LogP contribution in [0.3, 0.4) is 0 Å². The molecule has 0 radical (unpaired) electrons. The van der Waals surface area contributed by atoms with Gasteiger partial charge in [-0.15, -0.1) is 10.2 Å². The Morgan fingerprint density at radius 3 is 1.43 bits per heavy atom. The fraction of sp³-hybridized carbons (Fsp3) is 0.727. The molecular formula is C11H19N3. The highest BCUT2D eigenvalue weighted by Crippen LogP contribution is 2.24. The first-order valence-electron chi connectivity index (χ1n) is 4.92. The van der Waals surface area contributed by atoms with Crippen LogP contribution in [-0.4, -0.2) is 15.4 Å². The average Bonchev–Trinajstić information content (AvgIpc) is 2.01. The van der Waals surface area contributed by atoms with Crippen molar-refractivity contribution in [2.24, 2.45) is 0 Å². The maximum Gasteiger partial charge on any atom is 0.0721 e. The van der Waals surface area contributed by atoms with Gasteiger partial charge in [-0.05, 0) is 11.3 Å². The molecule has 1 aromatic rings. The van der Waals surface area contributed by atoms with Gasteiger partial charge in [0.25, 0.3) is 0 Å². The average molecular weight is 193 g/mol. The van der Waals surface area contributed by atoms with Gasteiger partial charge in [0.15, 0.2) is 0 Å². The van der Waals surface area contributed by atoms with Crippen LogP contribution in [0.25, 0.3) is 0 Å². The fourth-order valence-corrected chi connectivity index (χ4v) is 1.04. The van der Waals surface area contributed by atoms with E-state index < -0.39 is 0 Å². The third-order valence-corrected chi connectivity index (χ3v) is 2.12. The highest BCUT2D eigenvalue weighted by molar-refractivity contribution is 5.18. The van der Waals surface area contributed by atoms with Gasteiger partial charge in [0.05, 0.1) is 11.4 Å². The SMILES string of the molecule is CC(C)(C)c1cc(C(C)(C)C)nnn1. The van der Waals surface area contributed by atoms with E-state index in [1.807, 2.05) is 6.07 Å². The van der Waals surface area contributed by atoms with Gasteiger partial charge in [0.2, 0.25) is 0 Å². The lowest BCUT2D eigenvalue weighted by atomic mass is 9.87. The molecule has 0 amide bonds. The van der Waals surface area contributed by atoms with Crippen molar-refractivity contribution in [2.45, 2.75) is 52.4 Å². The molecule has 1 rings (SSSR count). The molecule has 14 heavy (non-hydrogen) atoms. The van der Waals surface area contributed by atoms with E-state index >= 15 is 0 Å². The Hall–Kier alpha value is -0.990. The van der Waals surface area contributed by atoms with Crippen LogP contribution in [0.2, 0.25) is 0 Å². The molecule has 3 heteroatoms. The minimum Gasteiger partial charge on any atom is -0.135 e. The van der Waals surface area contributed by atoms with Gasteiger partial charge in [0.1, 0.15) is 0 Å². The number of aromatic nitrogens is 3. The van der Waals surface area contributed by atoms with Crippen molar-refractivity contribution in [3.8, 4) is 0 Å². The lowest BCUT2D eigenvalue weighted by Gasteiger charge is -2.21. The minimum absolute atomic E-state index is 0.0376. The summed E-state index contributed by atoms with van der Waals surface area (Å²) < 4.78 is 0. The molecule has 78 valence electrons. The van der Waals surface area contributed by atoms with Gasteiger partial charge in [-0.3, -0.25) is 0 Å². The topological polar surface area (TPSA) is 38.7 Å². The number of hydrogen-bond donors (Lipinski definition) is 0. The zero-order chi connectivity index (χ0) is 11.0. The van der Waals surface area contributed by atoms with Crippen LogP contribution in [0.4, 0.5) is 0 Å². The van der Waals surface area contributed by atoms with Crippen molar-refractivity contribution in [3.63, 3.8) is 0 Å². The predicted molar refractivity (Wildman–Crippen MR) is 57.2 cm³/mol. The maximum atomic E-state index is 4.06. The molecule has 0 spiro atoms. The monoisotopic (exact) mass is 193 g/mol. The third-order valence-electron chi connectivity index (χ3n) is 2.12. The largest absolute Gasteiger partial charge is 0.135 e. The molecule has 1 aromatic heterocycles. The molecule has 0 N–H and O–H groups in total. The van der Waals surface area contributed by atoms with E-state index in [4.69, 9.17) is 0 Å². The minimum atomic E-state index is 0.0376. The van der Waals surface area contributed by atoms with Gasteiger partial charge in [-0.1, -0.05) is 41.5 Å². The van der Waals surface area contributed by atoms with Crippen LogP contribution in [0.1, 0.15) is 52.9 Å². The van der Waals surface area contributed by atoms with E-state index in [0.717, 1.165) is 11.4 Å². The molecule has 3 nitrogen and oxygen atoms in total. The molecule has 0 aromatic carbocycles. The summed E-state index contributed by atoms with van der Waals surface area (Å²) in [6.07, 6.45) is 0. The highest BCUT2D eigenvalue weighted by atomic mass is 15.3. The van der Waals surface area contributed by atoms with E-state index in [9.17, 15) is 0 Å². The lowest BCUT2D eigenvalue weighted by Crippen LogP contribution is -2.20. The number of rotatable bonds is 0. The Labute approximate surface area is 85.9 Å². The van der Waals surface area contributed by atoms with Crippen molar-refractivity contribution in [2.75, 3.05) is 0 Å². The third kappa shape index (κ3) is 2.50. The summed E-state index contributed by atoms with van der Waals surface area (Å²) in [5.41, 5.74) is 2.07. The van der Waals surface area contributed by atoms with Crippen LogP contribution < -0.4 is 0 Å². The smallest absolute Gasteiger partial charge is 0.0721 e. The normalized spacial score (nSPS) is 13.0. The fourth-order valence-electron chi connectivity index (χ4n) is 1.04. The summed E-state index contributed by atoms with van der Waals surface area (Å²) in [5, 5.41) is 11.9. The van der Waals surface area contributed by atoms with Crippen LogP contribution in [-0.2, 0) is 10.8 Å². The Bertz CT molecular complexity index is 289. The molecule has 0 bridgehead atoms. The molecule has 0 atom stereocenters. The molecule has 0 saturated carbocycles. The van der Waals surface area contributed by atoms with Crippen LogP contribution in [0, 0.1) is 0 Å². The first kappa shape index (κ1) is 11.1. The predicted octanol–water partition coefficient (Wildman–Crippen LogP) is 2.47. The molecule has 0 aliphatic heterocycles. The Morgan fingerprint density at radius 2 is 1.14 bits per heavy atom. The Balaban J connectivity index is 3.15. The highest BCUT2D eigenvalue weighted by Gasteiger charge is 2.21.